The first-order valence-electron chi connectivity index (χ1n) is 7.10. The zero-order valence-corrected chi connectivity index (χ0v) is 11.1. The highest BCUT2D eigenvalue weighted by molar-refractivity contribution is 5.42. The number of hydrogen-bond donors (Lipinski definition) is 0. The van der Waals surface area contributed by atoms with Crippen LogP contribution in [0.2, 0.25) is 0 Å². The Morgan fingerprint density at radius 2 is 1.89 bits per heavy atom. The summed E-state index contributed by atoms with van der Waals surface area (Å²) in [6, 6.07) is 15.8. The van der Waals surface area contributed by atoms with Crippen LogP contribution in [0.5, 0.6) is 0 Å². The second-order valence-electron chi connectivity index (χ2n) is 5.38. The predicted octanol–water partition coefficient (Wildman–Crippen LogP) is 2.82. The summed E-state index contributed by atoms with van der Waals surface area (Å²) in [4.78, 5) is 0. The Morgan fingerprint density at radius 1 is 1.11 bits per heavy atom. The molecule has 0 radical (unpaired) electrons. The maximum atomic E-state index is 6.02. The Morgan fingerprint density at radius 3 is 2.74 bits per heavy atom. The predicted molar refractivity (Wildman–Crippen MR) is 73.1 cm³/mol. The molecule has 2 heteroatoms. The Labute approximate surface area is 113 Å². The van der Waals surface area contributed by atoms with E-state index in [1.165, 1.54) is 16.8 Å². The van der Waals surface area contributed by atoms with Gasteiger partial charge in [0, 0.05) is 30.7 Å². The Kier molecular flexibility index (Phi) is 2.46. The number of hydrogen-bond acceptors (Lipinski definition) is 1. The highest BCUT2D eigenvalue weighted by atomic mass is 16.5. The Bertz CT molecular complexity index is 575. The average molecular weight is 252 g/mol. The maximum Gasteiger partial charge on any atom is 0.192 e. The first-order chi connectivity index (χ1) is 9.40. The molecule has 5 rings (SSSR count). The third-order valence-electron chi connectivity index (χ3n) is 4.48. The first-order valence-corrected chi connectivity index (χ1v) is 7.10. The fourth-order valence-electron chi connectivity index (χ4n) is 3.79. The molecule has 0 saturated heterocycles. The summed E-state index contributed by atoms with van der Waals surface area (Å²) < 4.78 is 8.45. The molecule has 0 fully saturated rings. The summed E-state index contributed by atoms with van der Waals surface area (Å²) in [6.07, 6.45) is 3.63. The van der Waals surface area contributed by atoms with Crippen molar-refractivity contribution in [2.75, 3.05) is 6.61 Å². The van der Waals surface area contributed by atoms with E-state index in [4.69, 9.17) is 4.74 Å². The van der Waals surface area contributed by atoms with E-state index in [1.54, 1.807) is 0 Å². The van der Waals surface area contributed by atoms with Gasteiger partial charge >= 0.3 is 0 Å². The van der Waals surface area contributed by atoms with Crippen LogP contribution < -0.4 is 4.57 Å². The zero-order valence-electron chi connectivity index (χ0n) is 11.1. The molecule has 0 spiro atoms. The fraction of sp³-hybridized carbons (Fsp3) is 0.353. The van der Waals surface area contributed by atoms with E-state index in [2.05, 4.69) is 60.2 Å². The van der Waals surface area contributed by atoms with Gasteiger partial charge in [-0.2, -0.15) is 4.57 Å². The van der Waals surface area contributed by atoms with Crippen LogP contribution in [0.25, 0.3) is 0 Å². The summed E-state index contributed by atoms with van der Waals surface area (Å²) in [7, 11) is 0. The molecule has 1 aromatic heterocycles. The van der Waals surface area contributed by atoms with E-state index in [9.17, 15) is 0 Å². The van der Waals surface area contributed by atoms with E-state index in [-0.39, 0.29) is 0 Å². The normalized spacial score (nSPS) is 26.9. The minimum atomic E-state index is 0.326. The van der Waals surface area contributed by atoms with Gasteiger partial charge in [-0.25, -0.2) is 0 Å². The first kappa shape index (κ1) is 11.2. The van der Waals surface area contributed by atoms with E-state index in [0.29, 0.717) is 18.1 Å². The highest BCUT2D eigenvalue weighted by Gasteiger charge is 2.49. The smallest absolute Gasteiger partial charge is 0.192 e. The maximum absolute atomic E-state index is 6.02. The number of aromatic nitrogens is 1. The van der Waals surface area contributed by atoms with Crippen LogP contribution in [0, 0.1) is 0 Å². The third kappa shape index (κ3) is 1.50. The summed E-state index contributed by atoms with van der Waals surface area (Å²) >= 11 is 0. The monoisotopic (exact) mass is 252 g/mol. The van der Waals surface area contributed by atoms with Crippen molar-refractivity contribution in [3.05, 3.63) is 65.5 Å². The van der Waals surface area contributed by atoms with Crippen molar-refractivity contribution < 1.29 is 9.30 Å². The molecule has 0 unspecified atom stereocenters. The molecule has 3 atom stereocenters. The van der Waals surface area contributed by atoms with Gasteiger partial charge in [0.25, 0.3) is 0 Å². The van der Waals surface area contributed by atoms with Gasteiger partial charge < -0.3 is 4.74 Å². The molecule has 3 aliphatic rings. The second-order valence-corrected chi connectivity index (χ2v) is 5.38. The lowest BCUT2D eigenvalue weighted by molar-refractivity contribution is -0.732. The van der Waals surface area contributed by atoms with Crippen LogP contribution in [0.1, 0.15) is 42.1 Å². The summed E-state index contributed by atoms with van der Waals surface area (Å²) in [5, 5.41) is 0. The topological polar surface area (TPSA) is 13.1 Å². The van der Waals surface area contributed by atoms with Crippen molar-refractivity contribution in [1.82, 2.24) is 0 Å². The quantitative estimate of drug-likeness (QED) is 0.749. The lowest BCUT2D eigenvalue weighted by Gasteiger charge is -2.39. The van der Waals surface area contributed by atoms with Crippen molar-refractivity contribution in [3.8, 4) is 0 Å². The van der Waals surface area contributed by atoms with E-state index in [0.717, 1.165) is 13.0 Å². The minimum absolute atomic E-state index is 0.326. The van der Waals surface area contributed by atoms with Crippen molar-refractivity contribution in [2.45, 2.75) is 31.4 Å². The second kappa shape index (κ2) is 4.17. The van der Waals surface area contributed by atoms with Crippen molar-refractivity contribution in [3.63, 3.8) is 0 Å². The number of nitrogens with zero attached hydrogens (tertiary/aromatic N) is 1. The molecule has 3 heterocycles. The number of pyridine rings is 1. The Balaban J connectivity index is 1.93. The lowest BCUT2D eigenvalue weighted by Crippen LogP contribution is -2.56. The molecule has 1 aliphatic carbocycles. The van der Waals surface area contributed by atoms with Crippen LogP contribution in [0.15, 0.2) is 48.7 Å². The number of fused-ring (bicyclic) bond motifs is 1. The number of benzene rings is 1. The molecule has 2 aromatic rings. The largest absolute Gasteiger partial charge is 0.377 e. The van der Waals surface area contributed by atoms with Crippen LogP contribution in [0.4, 0.5) is 0 Å². The molecular weight excluding hydrogens is 234 g/mol. The van der Waals surface area contributed by atoms with Gasteiger partial charge in [0.2, 0.25) is 0 Å². The molecule has 2 nitrogen and oxygen atoms in total. The van der Waals surface area contributed by atoms with E-state index < -0.39 is 0 Å². The molecule has 2 aliphatic heterocycles. The number of ether oxygens (including phenoxy) is 1. The Hall–Kier alpha value is -1.67. The van der Waals surface area contributed by atoms with Crippen LogP contribution >= 0.6 is 0 Å². The average Bonchev–Trinajstić information content (AvgIpc) is 2.48. The van der Waals surface area contributed by atoms with Gasteiger partial charge in [0.05, 0.1) is 12.0 Å². The van der Waals surface area contributed by atoms with Gasteiger partial charge in [-0.05, 0) is 12.5 Å². The molecule has 2 bridgehead atoms. The third-order valence-corrected chi connectivity index (χ3v) is 4.48. The van der Waals surface area contributed by atoms with E-state index in [1.807, 2.05) is 0 Å². The standard InChI is InChI=1S/C17H18NO/c1-2-19-16-11-15-12-7-3-4-8-13(12)17(16)14-9-5-6-10-18(14)15/h3-10,15-17H,2,11H2,1H3/q+1/t15-,16+,17+/m0/s1. The van der Waals surface area contributed by atoms with Gasteiger partial charge in [-0.3, -0.25) is 0 Å². The van der Waals surface area contributed by atoms with Gasteiger partial charge in [0.1, 0.15) is 0 Å². The molecule has 0 N–H and O–H groups in total. The van der Waals surface area contributed by atoms with Crippen LogP contribution in [-0.2, 0) is 4.74 Å². The van der Waals surface area contributed by atoms with E-state index >= 15 is 0 Å². The van der Waals surface area contributed by atoms with Crippen molar-refractivity contribution >= 4 is 0 Å². The summed E-state index contributed by atoms with van der Waals surface area (Å²) in [6.45, 7) is 2.89. The van der Waals surface area contributed by atoms with Gasteiger partial charge in [-0.15, -0.1) is 0 Å². The summed E-state index contributed by atoms with van der Waals surface area (Å²) in [5.74, 6) is 0.391. The molecular formula is C17H18NO+. The number of rotatable bonds is 2. The molecule has 1 aromatic carbocycles. The van der Waals surface area contributed by atoms with Crippen LogP contribution in [-0.4, -0.2) is 12.7 Å². The fourth-order valence-corrected chi connectivity index (χ4v) is 3.79. The molecule has 0 saturated carbocycles. The van der Waals surface area contributed by atoms with Gasteiger partial charge in [-0.1, -0.05) is 30.3 Å². The van der Waals surface area contributed by atoms with Gasteiger partial charge in [0.15, 0.2) is 17.9 Å². The molecule has 96 valence electrons. The SMILES string of the molecule is CCO[C@@H]1C[C@H]2c3ccccc3[C@@H]1c1cccc[n+]12. The lowest BCUT2D eigenvalue weighted by atomic mass is 9.72. The minimum Gasteiger partial charge on any atom is -0.377 e. The highest BCUT2D eigenvalue weighted by Crippen LogP contribution is 2.45. The molecule has 0 amide bonds. The van der Waals surface area contributed by atoms with Crippen molar-refractivity contribution in [1.29, 1.82) is 0 Å². The van der Waals surface area contributed by atoms with Crippen molar-refractivity contribution in [2.24, 2.45) is 0 Å². The summed E-state index contributed by atoms with van der Waals surface area (Å²) in [5.41, 5.74) is 4.34. The van der Waals surface area contributed by atoms with Crippen LogP contribution in [0.3, 0.4) is 0 Å². The molecule has 19 heavy (non-hydrogen) atoms. The zero-order chi connectivity index (χ0) is 12.8.